The maximum absolute atomic E-state index is 13.4. The van der Waals surface area contributed by atoms with E-state index in [1.54, 1.807) is 29.1 Å². The van der Waals surface area contributed by atoms with Crippen molar-refractivity contribution in [3.63, 3.8) is 0 Å². The Labute approximate surface area is 195 Å². The van der Waals surface area contributed by atoms with Crippen LogP contribution in [-0.4, -0.2) is 15.3 Å². The number of benzene rings is 1. The number of rotatable bonds is 5. The molecule has 0 bridgehead atoms. The molecule has 1 amide bonds. The number of aromatic amines is 1. The number of nitrogen functional groups attached to an aromatic ring is 1. The van der Waals surface area contributed by atoms with Crippen LogP contribution in [0.2, 0.25) is 0 Å². The van der Waals surface area contributed by atoms with Crippen LogP contribution in [0.4, 0.5) is 5.82 Å². The van der Waals surface area contributed by atoms with Crippen molar-refractivity contribution in [2.24, 2.45) is 0 Å². The smallest absolute Gasteiger partial charge is 0.278 e. The number of H-pyrrole nitrogens is 1. The highest BCUT2D eigenvalue weighted by Crippen LogP contribution is 2.17. The third-order valence-corrected chi connectivity index (χ3v) is 5.83. The summed E-state index contributed by atoms with van der Waals surface area (Å²) in [7, 11) is 0. The van der Waals surface area contributed by atoms with Crippen molar-refractivity contribution in [2.75, 3.05) is 5.73 Å². The molecular weight excluding hydrogens is 428 g/mol. The lowest BCUT2D eigenvalue weighted by Gasteiger charge is -2.13. The monoisotopic (exact) mass is 452 g/mol. The zero-order valence-electron chi connectivity index (χ0n) is 18.7. The minimum Gasteiger partial charge on any atom is -0.348 e. The highest BCUT2D eigenvalue weighted by Gasteiger charge is 2.25. The maximum atomic E-state index is 13.4. The number of pyridine rings is 3. The quantitative estimate of drug-likeness (QED) is 0.313. The number of carbonyl (C=O) groups excluding carboxylic acids is 1. The number of amides is 1. The summed E-state index contributed by atoms with van der Waals surface area (Å²) in [6.45, 7) is 2.59. The van der Waals surface area contributed by atoms with Gasteiger partial charge in [0.05, 0.1) is 6.54 Å². The number of aromatic nitrogens is 4. The molecule has 0 spiro atoms. The van der Waals surface area contributed by atoms with Gasteiger partial charge >= 0.3 is 0 Å². The molecule has 8 heteroatoms. The number of carbonyl (C=O) groups is 1. The van der Waals surface area contributed by atoms with E-state index in [2.05, 4.69) is 10.3 Å². The highest BCUT2D eigenvalue weighted by atomic mass is 16.1. The van der Waals surface area contributed by atoms with Gasteiger partial charge in [-0.25, -0.2) is 9.55 Å². The number of aryl methyl sites for hydroxylation is 1. The Kier molecular flexibility index (Phi) is 5.47. The second-order valence-electron chi connectivity index (χ2n) is 8.15. The third-order valence-electron chi connectivity index (χ3n) is 5.83. The lowest BCUT2D eigenvalue weighted by molar-refractivity contribution is -0.649. The normalized spacial score (nSPS) is 11.1. The minimum absolute atomic E-state index is 0.231. The molecule has 34 heavy (non-hydrogen) atoms. The Bertz CT molecular complexity index is 1580. The molecule has 0 aliphatic heterocycles. The SMILES string of the molecule is Cc1cccn2c(=O)c3cc(C(=O)NCc4ccc[nH+]c4)c(N)[n+](Cc4ccccc4)c3nc12. The molecule has 8 nitrogen and oxygen atoms in total. The first kappa shape index (κ1) is 21.3. The molecule has 4 heterocycles. The minimum atomic E-state index is -0.362. The second kappa shape index (κ2) is 8.74. The van der Waals surface area contributed by atoms with Crippen LogP contribution in [0.1, 0.15) is 27.0 Å². The Morgan fingerprint density at radius 3 is 2.68 bits per heavy atom. The summed E-state index contributed by atoms with van der Waals surface area (Å²) in [5.41, 5.74) is 10.3. The fraction of sp³-hybridized carbons (Fsp3) is 0.115. The number of nitrogens with one attached hydrogen (secondary N) is 2. The molecule has 0 unspecified atom stereocenters. The summed E-state index contributed by atoms with van der Waals surface area (Å²) in [5, 5.41) is 3.22. The Morgan fingerprint density at radius 1 is 1.12 bits per heavy atom. The van der Waals surface area contributed by atoms with E-state index in [1.165, 1.54) is 4.40 Å². The van der Waals surface area contributed by atoms with Gasteiger partial charge in [0.2, 0.25) is 11.5 Å². The first-order valence-electron chi connectivity index (χ1n) is 10.9. The topological polar surface area (TPSA) is 108 Å². The predicted octanol–water partition coefficient (Wildman–Crippen LogP) is 1.82. The van der Waals surface area contributed by atoms with Crippen molar-refractivity contribution in [3.05, 3.63) is 112 Å². The molecule has 5 aromatic rings. The molecule has 0 radical (unpaired) electrons. The largest absolute Gasteiger partial charge is 0.348 e. The number of hydrogen-bond donors (Lipinski definition) is 2. The van der Waals surface area contributed by atoms with Crippen molar-refractivity contribution in [3.8, 4) is 0 Å². The molecule has 5 rings (SSSR count). The van der Waals surface area contributed by atoms with E-state index in [-0.39, 0.29) is 22.8 Å². The van der Waals surface area contributed by atoms with Gasteiger partial charge in [-0.1, -0.05) is 41.4 Å². The molecule has 0 aliphatic carbocycles. The molecule has 0 saturated carbocycles. The first-order valence-corrected chi connectivity index (χ1v) is 10.9. The standard InChI is InChI=1S/C26H22N6O2/c1-17-7-6-12-31-23(17)30-24-21(26(31)34)13-20(25(33)29-15-19-10-5-11-28-14-19)22(27)32(24)16-18-8-3-2-4-9-18/h2-14,27H,15-16H2,1H3,(H,29,33)/p+2. The van der Waals surface area contributed by atoms with Crippen LogP contribution in [0.15, 0.2) is 84.0 Å². The van der Waals surface area contributed by atoms with Crippen LogP contribution in [0.25, 0.3) is 16.7 Å². The Balaban J connectivity index is 1.69. The van der Waals surface area contributed by atoms with Crippen molar-refractivity contribution in [1.29, 1.82) is 0 Å². The van der Waals surface area contributed by atoms with Gasteiger partial charge in [0.1, 0.15) is 10.9 Å². The molecule has 4 N–H and O–H groups in total. The summed E-state index contributed by atoms with van der Waals surface area (Å²) >= 11 is 0. The van der Waals surface area contributed by atoms with Gasteiger partial charge in [-0.15, -0.1) is 0 Å². The summed E-state index contributed by atoms with van der Waals surface area (Å²) in [6.07, 6.45) is 5.29. The zero-order chi connectivity index (χ0) is 23.7. The fourth-order valence-electron chi connectivity index (χ4n) is 4.04. The van der Waals surface area contributed by atoms with Crippen LogP contribution in [0, 0.1) is 6.92 Å². The molecule has 168 valence electrons. The lowest BCUT2D eigenvalue weighted by Crippen LogP contribution is -2.43. The van der Waals surface area contributed by atoms with Gasteiger partial charge in [0, 0.05) is 29.9 Å². The maximum Gasteiger partial charge on any atom is 0.278 e. The van der Waals surface area contributed by atoms with Gasteiger partial charge in [-0.2, -0.15) is 0 Å². The third kappa shape index (κ3) is 3.86. The van der Waals surface area contributed by atoms with Crippen LogP contribution < -0.4 is 26.2 Å². The Hall–Kier alpha value is -4.59. The zero-order valence-corrected chi connectivity index (χ0v) is 18.7. The van der Waals surface area contributed by atoms with E-state index in [0.717, 1.165) is 16.7 Å². The number of anilines is 1. The van der Waals surface area contributed by atoms with E-state index >= 15 is 0 Å². The van der Waals surface area contributed by atoms with Crippen molar-refractivity contribution >= 4 is 28.4 Å². The van der Waals surface area contributed by atoms with Crippen LogP contribution in [-0.2, 0) is 13.1 Å². The van der Waals surface area contributed by atoms with Crippen molar-refractivity contribution in [1.82, 2.24) is 14.7 Å². The van der Waals surface area contributed by atoms with Gasteiger partial charge in [-0.3, -0.25) is 14.0 Å². The summed E-state index contributed by atoms with van der Waals surface area (Å²) in [4.78, 5) is 34.4. The molecular formula is C26H24N6O2+2. The van der Waals surface area contributed by atoms with Gasteiger partial charge in [-0.05, 0) is 30.7 Å². The summed E-state index contributed by atoms with van der Waals surface area (Å²) < 4.78 is 3.24. The van der Waals surface area contributed by atoms with Gasteiger partial charge in [0.25, 0.3) is 17.1 Å². The van der Waals surface area contributed by atoms with Crippen LogP contribution in [0.5, 0.6) is 0 Å². The van der Waals surface area contributed by atoms with Crippen molar-refractivity contribution in [2.45, 2.75) is 20.0 Å². The molecule has 0 fully saturated rings. The Morgan fingerprint density at radius 2 is 1.91 bits per heavy atom. The van der Waals surface area contributed by atoms with E-state index in [0.29, 0.717) is 29.8 Å². The van der Waals surface area contributed by atoms with E-state index in [4.69, 9.17) is 10.7 Å². The number of nitrogens with zero attached hydrogens (tertiary/aromatic N) is 3. The predicted molar refractivity (Wildman–Crippen MR) is 128 cm³/mol. The van der Waals surface area contributed by atoms with E-state index in [1.807, 2.05) is 61.7 Å². The van der Waals surface area contributed by atoms with Gasteiger partial charge < -0.3 is 11.1 Å². The molecule has 0 aliphatic rings. The van der Waals surface area contributed by atoms with E-state index < -0.39 is 0 Å². The van der Waals surface area contributed by atoms with Crippen LogP contribution >= 0.6 is 0 Å². The number of hydrogen-bond acceptors (Lipinski definition) is 4. The van der Waals surface area contributed by atoms with Gasteiger partial charge in [0.15, 0.2) is 12.4 Å². The molecule has 1 aromatic carbocycles. The summed E-state index contributed by atoms with van der Waals surface area (Å²) in [6, 6.07) is 18.8. The average molecular weight is 453 g/mol. The molecule has 0 saturated heterocycles. The number of fused-ring (bicyclic) bond motifs is 2. The van der Waals surface area contributed by atoms with E-state index in [9.17, 15) is 9.59 Å². The molecule has 4 aromatic heterocycles. The van der Waals surface area contributed by atoms with Crippen LogP contribution in [0.3, 0.4) is 0 Å². The van der Waals surface area contributed by atoms with Crippen molar-refractivity contribution < 1.29 is 14.3 Å². The summed E-state index contributed by atoms with van der Waals surface area (Å²) in [5.74, 6) is -0.114. The fourth-order valence-corrected chi connectivity index (χ4v) is 4.04. The lowest BCUT2D eigenvalue weighted by atomic mass is 10.1. The number of nitrogens with two attached hydrogens (primary N) is 1. The second-order valence-corrected chi connectivity index (χ2v) is 8.15. The average Bonchev–Trinajstić information content (AvgIpc) is 2.86. The highest BCUT2D eigenvalue weighted by molar-refractivity contribution is 6.00. The first-order chi connectivity index (χ1) is 16.5. The molecule has 0 atom stereocenters.